The highest BCUT2D eigenvalue weighted by molar-refractivity contribution is 5.85. The average Bonchev–Trinajstić information content (AvgIpc) is 2.36. The van der Waals surface area contributed by atoms with Gasteiger partial charge in [0.15, 0.2) is 12.0 Å². The van der Waals surface area contributed by atoms with Crippen molar-refractivity contribution in [2.24, 2.45) is 0 Å². The predicted octanol–water partition coefficient (Wildman–Crippen LogP) is 1.13. The standard InChI is InChI=1S/C11H11NO6/c1-17-9-4-7(5-10(14)18-2)3-8(6-13)11(9)12(15)16/h3-4,6H,5H2,1-2H3. The summed E-state index contributed by atoms with van der Waals surface area (Å²) in [5.74, 6) is -0.578. The van der Waals surface area contributed by atoms with E-state index in [-0.39, 0.29) is 17.7 Å². The van der Waals surface area contributed by atoms with Gasteiger partial charge in [-0.05, 0) is 17.7 Å². The van der Waals surface area contributed by atoms with Crippen molar-refractivity contribution in [2.45, 2.75) is 6.42 Å². The third kappa shape index (κ3) is 2.82. The first-order chi connectivity index (χ1) is 8.53. The van der Waals surface area contributed by atoms with Crippen molar-refractivity contribution in [3.8, 4) is 5.75 Å². The predicted molar refractivity (Wildman–Crippen MR) is 60.8 cm³/mol. The molecule has 0 radical (unpaired) electrons. The highest BCUT2D eigenvalue weighted by Crippen LogP contribution is 2.31. The molecule has 7 nitrogen and oxygen atoms in total. The number of hydrogen-bond acceptors (Lipinski definition) is 6. The lowest BCUT2D eigenvalue weighted by Crippen LogP contribution is -2.06. The van der Waals surface area contributed by atoms with Crippen LogP contribution in [0.2, 0.25) is 0 Å². The lowest BCUT2D eigenvalue weighted by atomic mass is 10.1. The summed E-state index contributed by atoms with van der Waals surface area (Å²) in [6.07, 6.45) is 0.257. The minimum atomic E-state index is -0.704. The Balaban J connectivity index is 3.30. The molecule has 0 aromatic heterocycles. The Morgan fingerprint density at radius 2 is 2.11 bits per heavy atom. The number of carbonyl (C=O) groups excluding carboxylic acids is 2. The summed E-state index contributed by atoms with van der Waals surface area (Å²) in [5.41, 5.74) is -0.147. The van der Waals surface area contributed by atoms with Gasteiger partial charge in [0.05, 0.1) is 31.1 Å². The third-order valence-electron chi connectivity index (χ3n) is 2.27. The molecular formula is C11H11NO6. The second kappa shape index (κ2) is 5.76. The summed E-state index contributed by atoms with van der Waals surface area (Å²) < 4.78 is 9.33. The van der Waals surface area contributed by atoms with Crippen LogP contribution < -0.4 is 4.74 Å². The van der Waals surface area contributed by atoms with Gasteiger partial charge in [0.2, 0.25) is 0 Å². The number of nitro benzene ring substituents is 1. The second-order valence-electron chi connectivity index (χ2n) is 3.36. The third-order valence-corrected chi connectivity index (χ3v) is 2.27. The number of methoxy groups -OCH3 is 2. The van der Waals surface area contributed by atoms with Gasteiger partial charge in [0, 0.05) is 0 Å². The van der Waals surface area contributed by atoms with Crippen LogP contribution in [0.4, 0.5) is 5.69 Å². The van der Waals surface area contributed by atoms with Crippen LogP contribution in [0.25, 0.3) is 0 Å². The van der Waals surface area contributed by atoms with Gasteiger partial charge in [0.1, 0.15) is 0 Å². The molecule has 0 heterocycles. The van der Waals surface area contributed by atoms with Crippen molar-refractivity contribution in [1.82, 2.24) is 0 Å². The fourth-order valence-electron chi connectivity index (χ4n) is 1.47. The van der Waals surface area contributed by atoms with Crippen molar-refractivity contribution < 1.29 is 24.0 Å². The highest BCUT2D eigenvalue weighted by Gasteiger charge is 2.22. The molecule has 0 aliphatic rings. The van der Waals surface area contributed by atoms with Gasteiger partial charge in [0.25, 0.3) is 0 Å². The van der Waals surface area contributed by atoms with Crippen molar-refractivity contribution in [3.05, 3.63) is 33.4 Å². The van der Waals surface area contributed by atoms with Gasteiger partial charge in [-0.25, -0.2) is 0 Å². The number of benzene rings is 1. The van der Waals surface area contributed by atoms with E-state index < -0.39 is 16.6 Å². The van der Waals surface area contributed by atoms with E-state index in [1.807, 2.05) is 0 Å². The van der Waals surface area contributed by atoms with Gasteiger partial charge < -0.3 is 9.47 Å². The van der Waals surface area contributed by atoms with Crippen LogP contribution in [-0.4, -0.2) is 31.4 Å². The number of aldehydes is 1. The van der Waals surface area contributed by atoms with Crippen molar-refractivity contribution in [2.75, 3.05) is 14.2 Å². The second-order valence-corrected chi connectivity index (χ2v) is 3.36. The van der Waals surface area contributed by atoms with Gasteiger partial charge in [-0.1, -0.05) is 0 Å². The number of nitrogens with zero attached hydrogens (tertiary/aromatic N) is 1. The lowest BCUT2D eigenvalue weighted by molar-refractivity contribution is -0.386. The molecule has 0 atom stereocenters. The molecule has 96 valence electrons. The minimum absolute atomic E-state index is 0.0662. The van der Waals surface area contributed by atoms with E-state index in [1.165, 1.54) is 26.4 Å². The number of esters is 1. The largest absolute Gasteiger partial charge is 0.490 e. The van der Waals surface area contributed by atoms with E-state index in [9.17, 15) is 19.7 Å². The Morgan fingerprint density at radius 1 is 1.44 bits per heavy atom. The molecule has 7 heteroatoms. The molecule has 0 unspecified atom stereocenters. The molecule has 0 fully saturated rings. The van der Waals surface area contributed by atoms with Crippen LogP contribution >= 0.6 is 0 Å². The molecule has 1 aromatic carbocycles. The summed E-state index contributed by atoms with van der Waals surface area (Å²) >= 11 is 0. The summed E-state index contributed by atoms with van der Waals surface area (Å²) in [7, 11) is 2.48. The first kappa shape index (κ1) is 13.6. The maximum Gasteiger partial charge on any atom is 0.321 e. The van der Waals surface area contributed by atoms with Crippen molar-refractivity contribution >= 4 is 17.9 Å². The van der Waals surface area contributed by atoms with Crippen LogP contribution in [0.5, 0.6) is 5.75 Å². The van der Waals surface area contributed by atoms with E-state index in [0.717, 1.165) is 0 Å². The molecule has 0 N–H and O–H groups in total. The fraction of sp³-hybridized carbons (Fsp3) is 0.273. The maximum atomic E-state index is 11.1. The topological polar surface area (TPSA) is 95.7 Å². The van der Waals surface area contributed by atoms with Gasteiger partial charge in [-0.3, -0.25) is 19.7 Å². The zero-order valence-corrected chi connectivity index (χ0v) is 9.84. The average molecular weight is 253 g/mol. The Kier molecular flexibility index (Phi) is 4.36. The van der Waals surface area contributed by atoms with E-state index in [1.54, 1.807) is 0 Å². The Labute approximate surface area is 102 Å². The van der Waals surface area contributed by atoms with Crippen LogP contribution in [0.1, 0.15) is 15.9 Å². The minimum Gasteiger partial charge on any atom is -0.490 e. The number of rotatable bonds is 5. The zero-order valence-electron chi connectivity index (χ0n) is 9.84. The quantitative estimate of drug-likeness (QED) is 0.338. The summed E-state index contributed by atoms with van der Waals surface area (Å²) in [6, 6.07) is 2.60. The number of carbonyl (C=O) groups is 2. The lowest BCUT2D eigenvalue weighted by Gasteiger charge is -2.07. The monoisotopic (exact) mass is 253 g/mol. The van der Waals surface area contributed by atoms with Crippen molar-refractivity contribution in [1.29, 1.82) is 0 Å². The fourth-order valence-corrected chi connectivity index (χ4v) is 1.47. The van der Waals surface area contributed by atoms with E-state index >= 15 is 0 Å². The smallest absolute Gasteiger partial charge is 0.321 e. The van der Waals surface area contributed by atoms with Crippen LogP contribution in [0.15, 0.2) is 12.1 Å². The molecule has 1 aromatic rings. The van der Waals surface area contributed by atoms with Gasteiger partial charge in [-0.2, -0.15) is 0 Å². The maximum absolute atomic E-state index is 11.1. The van der Waals surface area contributed by atoms with E-state index in [0.29, 0.717) is 11.8 Å². The van der Waals surface area contributed by atoms with E-state index in [4.69, 9.17) is 4.74 Å². The first-order valence-electron chi connectivity index (χ1n) is 4.90. The van der Waals surface area contributed by atoms with Crippen LogP contribution in [0.3, 0.4) is 0 Å². The molecule has 0 spiro atoms. The molecule has 0 aliphatic carbocycles. The number of nitro groups is 1. The van der Waals surface area contributed by atoms with Gasteiger partial charge in [-0.15, -0.1) is 0 Å². The van der Waals surface area contributed by atoms with Crippen LogP contribution in [0, 0.1) is 10.1 Å². The SMILES string of the molecule is COC(=O)Cc1cc(C=O)c([N+](=O)[O-])c(OC)c1. The molecule has 1 rings (SSSR count). The molecule has 0 amide bonds. The summed E-state index contributed by atoms with van der Waals surface area (Å²) in [5, 5.41) is 10.8. The molecule has 0 aliphatic heterocycles. The van der Waals surface area contributed by atoms with Gasteiger partial charge >= 0.3 is 11.7 Å². The molecule has 0 bridgehead atoms. The number of hydrogen-bond donors (Lipinski definition) is 0. The molecule has 18 heavy (non-hydrogen) atoms. The zero-order chi connectivity index (χ0) is 13.7. The van der Waals surface area contributed by atoms with Crippen LogP contribution in [-0.2, 0) is 16.0 Å². The normalized spacial score (nSPS) is 9.67. The van der Waals surface area contributed by atoms with Crippen molar-refractivity contribution in [3.63, 3.8) is 0 Å². The molecular weight excluding hydrogens is 242 g/mol. The Hall–Kier alpha value is -2.44. The first-order valence-corrected chi connectivity index (χ1v) is 4.90. The summed E-state index contributed by atoms with van der Waals surface area (Å²) in [4.78, 5) is 32.1. The van der Waals surface area contributed by atoms with E-state index in [2.05, 4.69) is 4.74 Å². The Morgan fingerprint density at radius 3 is 2.56 bits per heavy atom. The highest BCUT2D eigenvalue weighted by atomic mass is 16.6. The summed E-state index contributed by atoms with van der Waals surface area (Å²) in [6.45, 7) is 0. The Bertz CT molecular complexity index is 497. The molecule has 0 saturated heterocycles. The number of ether oxygens (including phenoxy) is 2. The molecule has 0 saturated carbocycles.